The average Bonchev–Trinajstić information content (AvgIpc) is 2.43. The topological polar surface area (TPSA) is 20.2 Å². The van der Waals surface area contributed by atoms with Crippen LogP contribution < -0.4 is 0 Å². The summed E-state index contributed by atoms with van der Waals surface area (Å²) in [5.41, 5.74) is 0. The van der Waals surface area contributed by atoms with Gasteiger partial charge in [-0.05, 0) is 44.9 Å². The Bertz CT molecular complexity index is 184. The number of aliphatic hydroxyl groups excluding tert-OH is 1. The molecule has 0 atom stereocenters. The molecule has 0 aliphatic heterocycles. The largest absolute Gasteiger partial charge is 0.396 e. The van der Waals surface area contributed by atoms with E-state index in [9.17, 15) is 0 Å². The van der Waals surface area contributed by atoms with Gasteiger partial charge in [0.1, 0.15) is 0 Å². The van der Waals surface area contributed by atoms with Gasteiger partial charge in [0.2, 0.25) is 0 Å². The zero-order valence-electron chi connectivity index (χ0n) is 12.9. The fourth-order valence-electron chi connectivity index (χ4n) is 2.06. The Kier molecular flexibility index (Phi) is 16.9. The van der Waals surface area contributed by atoms with E-state index >= 15 is 0 Å². The van der Waals surface area contributed by atoms with Crippen LogP contribution in [0.5, 0.6) is 0 Å². The minimum Gasteiger partial charge on any atom is -0.396 e. The number of aliphatic hydroxyl groups is 1. The molecule has 0 heterocycles. The van der Waals surface area contributed by atoms with Gasteiger partial charge in [-0.25, -0.2) is 0 Å². The fourth-order valence-corrected chi connectivity index (χ4v) is 2.06. The third kappa shape index (κ3) is 17.4. The van der Waals surface area contributed by atoms with Crippen LogP contribution in [-0.4, -0.2) is 11.7 Å². The molecule has 0 spiro atoms. The molecule has 0 amide bonds. The van der Waals surface area contributed by atoms with Crippen molar-refractivity contribution in [2.45, 2.75) is 84.0 Å². The van der Waals surface area contributed by atoms with E-state index in [1.165, 1.54) is 64.2 Å². The molecule has 1 heteroatoms. The third-order valence-corrected chi connectivity index (χ3v) is 3.33. The van der Waals surface area contributed by atoms with E-state index in [1.807, 2.05) is 0 Å². The van der Waals surface area contributed by atoms with Crippen molar-refractivity contribution in [3.8, 4) is 0 Å². The van der Waals surface area contributed by atoms with Crippen molar-refractivity contribution < 1.29 is 5.11 Å². The SMILES string of the molecule is CCCC/C=C/CCCCCCC/C=C/CCCO. The second-order valence-corrected chi connectivity index (χ2v) is 5.30. The Morgan fingerprint density at radius 3 is 1.47 bits per heavy atom. The van der Waals surface area contributed by atoms with Crippen LogP contribution in [0.2, 0.25) is 0 Å². The Morgan fingerprint density at radius 2 is 1.00 bits per heavy atom. The number of hydrogen-bond acceptors (Lipinski definition) is 1. The van der Waals surface area contributed by atoms with Crippen molar-refractivity contribution in [3.05, 3.63) is 24.3 Å². The molecular weight excluding hydrogens is 232 g/mol. The standard InChI is InChI=1S/C18H34O/c1-2-3-4-5-6-7-8-9-10-11-12-13-14-15-16-17-18-19/h5-6,14-15,19H,2-4,7-13,16-18H2,1H3/b6-5+,15-14+. The molecule has 0 aliphatic carbocycles. The summed E-state index contributed by atoms with van der Waals surface area (Å²) in [7, 11) is 0. The van der Waals surface area contributed by atoms with Crippen molar-refractivity contribution in [2.75, 3.05) is 6.61 Å². The van der Waals surface area contributed by atoms with Gasteiger partial charge in [0.25, 0.3) is 0 Å². The molecule has 0 bridgehead atoms. The first-order valence-electron chi connectivity index (χ1n) is 8.32. The number of allylic oxidation sites excluding steroid dienone is 4. The van der Waals surface area contributed by atoms with Crippen molar-refractivity contribution in [2.24, 2.45) is 0 Å². The van der Waals surface area contributed by atoms with Crippen LogP contribution in [0.25, 0.3) is 0 Å². The number of unbranched alkanes of at least 4 members (excludes halogenated alkanes) is 9. The monoisotopic (exact) mass is 266 g/mol. The van der Waals surface area contributed by atoms with E-state index in [0.717, 1.165) is 12.8 Å². The summed E-state index contributed by atoms with van der Waals surface area (Å²) in [4.78, 5) is 0. The highest BCUT2D eigenvalue weighted by Crippen LogP contribution is 2.08. The lowest BCUT2D eigenvalue weighted by molar-refractivity contribution is 0.289. The smallest absolute Gasteiger partial charge is 0.0433 e. The average molecular weight is 266 g/mol. The summed E-state index contributed by atoms with van der Waals surface area (Å²) in [6.07, 6.45) is 24.3. The van der Waals surface area contributed by atoms with E-state index in [4.69, 9.17) is 5.11 Å². The van der Waals surface area contributed by atoms with Gasteiger partial charge in [-0.3, -0.25) is 0 Å². The molecule has 19 heavy (non-hydrogen) atoms. The lowest BCUT2D eigenvalue weighted by Gasteiger charge is -1.98. The Labute approximate surface area is 120 Å². The number of hydrogen-bond donors (Lipinski definition) is 1. The molecule has 0 unspecified atom stereocenters. The Balaban J connectivity index is 3.06. The molecule has 0 rings (SSSR count). The molecule has 0 aliphatic rings. The molecule has 1 N–H and O–H groups in total. The molecule has 0 saturated heterocycles. The van der Waals surface area contributed by atoms with Gasteiger partial charge in [-0.1, -0.05) is 63.3 Å². The summed E-state index contributed by atoms with van der Waals surface area (Å²) in [5, 5.41) is 8.63. The lowest BCUT2D eigenvalue weighted by Crippen LogP contribution is -1.80. The highest BCUT2D eigenvalue weighted by Gasteiger charge is 1.89. The van der Waals surface area contributed by atoms with E-state index in [0.29, 0.717) is 6.61 Å². The first-order chi connectivity index (χ1) is 9.41. The predicted molar refractivity (Wildman–Crippen MR) is 86.4 cm³/mol. The molecule has 0 fully saturated rings. The van der Waals surface area contributed by atoms with Crippen LogP contribution in [0, 0.1) is 0 Å². The minimum atomic E-state index is 0.317. The molecule has 0 radical (unpaired) electrons. The second-order valence-electron chi connectivity index (χ2n) is 5.30. The molecule has 0 aromatic carbocycles. The normalized spacial score (nSPS) is 11.9. The van der Waals surface area contributed by atoms with E-state index in [-0.39, 0.29) is 0 Å². The summed E-state index contributed by atoms with van der Waals surface area (Å²) >= 11 is 0. The summed E-state index contributed by atoms with van der Waals surface area (Å²) in [6, 6.07) is 0. The van der Waals surface area contributed by atoms with Crippen LogP contribution in [-0.2, 0) is 0 Å². The second kappa shape index (κ2) is 17.4. The maximum absolute atomic E-state index is 8.63. The zero-order chi connectivity index (χ0) is 14.0. The first-order valence-corrected chi connectivity index (χ1v) is 8.32. The zero-order valence-corrected chi connectivity index (χ0v) is 12.9. The van der Waals surface area contributed by atoms with Gasteiger partial charge in [0.05, 0.1) is 0 Å². The molecule has 0 aromatic rings. The van der Waals surface area contributed by atoms with Crippen LogP contribution in [0.15, 0.2) is 24.3 Å². The van der Waals surface area contributed by atoms with Gasteiger partial charge in [0.15, 0.2) is 0 Å². The summed E-state index contributed by atoms with van der Waals surface area (Å²) < 4.78 is 0. The molecule has 0 saturated carbocycles. The highest BCUT2D eigenvalue weighted by atomic mass is 16.2. The molecular formula is C18H34O. The Hall–Kier alpha value is -0.560. The lowest BCUT2D eigenvalue weighted by atomic mass is 10.1. The van der Waals surface area contributed by atoms with Crippen molar-refractivity contribution >= 4 is 0 Å². The van der Waals surface area contributed by atoms with Crippen LogP contribution in [0.3, 0.4) is 0 Å². The van der Waals surface area contributed by atoms with Crippen LogP contribution in [0.1, 0.15) is 84.0 Å². The van der Waals surface area contributed by atoms with Crippen molar-refractivity contribution in [1.29, 1.82) is 0 Å². The summed E-state index contributed by atoms with van der Waals surface area (Å²) in [5.74, 6) is 0. The van der Waals surface area contributed by atoms with Gasteiger partial charge >= 0.3 is 0 Å². The quantitative estimate of drug-likeness (QED) is 0.311. The molecule has 112 valence electrons. The number of rotatable bonds is 14. The first kappa shape index (κ1) is 18.4. The Morgan fingerprint density at radius 1 is 0.579 bits per heavy atom. The van der Waals surface area contributed by atoms with E-state index < -0.39 is 0 Å². The van der Waals surface area contributed by atoms with E-state index in [2.05, 4.69) is 31.2 Å². The third-order valence-electron chi connectivity index (χ3n) is 3.33. The van der Waals surface area contributed by atoms with Crippen molar-refractivity contribution in [1.82, 2.24) is 0 Å². The molecule has 0 aromatic heterocycles. The summed E-state index contributed by atoms with van der Waals surface area (Å²) in [6.45, 7) is 2.56. The van der Waals surface area contributed by atoms with E-state index in [1.54, 1.807) is 0 Å². The van der Waals surface area contributed by atoms with Gasteiger partial charge in [-0.15, -0.1) is 0 Å². The highest BCUT2D eigenvalue weighted by molar-refractivity contribution is 4.82. The predicted octanol–water partition coefficient (Wildman–Crippen LogP) is 5.79. The maximum Gasteiger partial charge on any atom is 0.0433 e. The van der Waals surface area contributed by atoms with Gasteiger partial charge in [-0.2, -0.15) is 0 Å². The maximum atomic E-state index is 8.63. The van der Waals surface area contributed by atoms with Gasteiger partial charge < -0.3 is 5.11 Å². The fraction of sp³-hybridized carbons (Fsp3) is 0.778. The molecule has 1 nitrogen and oxygen atoms in total. The van der Waals surface area contributed by atoms with Crippen LogP contribution >= 0.6 is 0 Å². The van der Waals surface area contributed by atoms with Crippen molar-refractivity contribution in [3.63, 3.8) is 0 Å². The minimum absolute atomic E-state index is 0.317. The van der Waals surface area contributed by atoms with Gasteiger partial charge in [0, 0.05) is 6.61 Å². The van der Waals surface area contributed by atoms with Crippen LogP contribution in [0.4, 0.5) is 0 Å².